The summed E-state index contributed by atoms with van der Waals surface area (Å²) in [7, 11) is 0. The molecule has 0 radical (unpaired) electrons. The minimum atomic E-state index is 0.0315. The fourth-order valence-electron chi connectivity index (χ4n) is 8.84. The van der Waals surface area contributed by atoms with E-state index in [1.54, 1.807) is 0 Å². The van der Waals surface area contributed by atoms with Gasteiger partial charge in [-0.3, -0.25) is 9.59 Å². The number of carbonyl (C=O) groups excluding carboxylic acids is 2. The largest absolute Gasteiger partial charge is 0.462 e. The first kappa shape index (κ1) is 32.8. The molecule has 0 aromatic heterocycles. The maximum Gasteiger partial charge on any atom is 0.306 e. The van der Waals surface area contributed by atoms with E-state index in [0.717, 1.165) is 24.7 Å². The number of aryl methyl sites for hydroxylation is 2. The van der Waals surface area contributed by atoms with Crippen LogP contribution in [0.5, 0.6) is 0 Å². The zero-order chi connectivity index (χ0) is 31.1. The number of hydrogen-bond donors (Lipinski definition) is 0. The van der Waals surface area contributed by atoms with E-state index in [0.29, 0.717) is 48.3 Å². The van der Waals surface area contributed by atoms with Crippen LogP contribution in [0.1, 0.15) is 103 Å². The summed E-state index contributed by atoms with van der Waals surface area (Å²) in [6.07, 6.45) is 13.9. The van der Waals surface area contributed by atoms with Crippen molar-refractivity contribution in [2.24, 2.45) is 47.3 Å². The average Bonchev–Trinajstić information content (AvgIpc) is 3.72. The van der Waals surface area contributed by atoms with Gasteiger partial charge in [0.1, 0.15) is 12.2 Å². The van der Waals surface area contributed by atoms with Crippen LogP contribution in [0.15, 0.2) is 60.7 Å². The average molecular weight is 601 g/mol. The van der Waals surface area contributed by atoms with Crippen LogP contribution in [0.25, 0.3) is 0 Å². The van der Waals surface area contributed by atoms with Crippen molar-refractivity contribution in [3.05, 3.63) is 71.8 Å². The van der Waals surface area contributed by atoms with E-state index in [4.69, 9.17) is 9.47 Å². The molecule has 4 heteroatoms. The van der Waals surface area contributed by atoms with E-state index in [-0.39, 0.29) is 24.1 Å². The van der Waals surface area contributed by atoms with E-state index in [2.05, 4.69) is 88.4 Å². The van der Waals surface area contributed by atoms with Gasteiger partial charge in [-0.15, -0.1) is 0 Å². The van der Waals surface area contributed by atoms with Crippen LogP contribution < -0.4 is 0 Å². The van der Waals surface area contributed by atoms with Crippen molar-refractivity contribution in [1.82, 2.24) is 0 Å². The lowest BCUT2D eigenvalue weighted by Gasteiger charge is -2.22. The zero-order valence-corrected chi connectivity index (χ0v) is 27.7. The lowest BCUT2D eigenvalue weighted by molar-refractivity contribution is -0.142. The molecule has 0 spiro atoms. The molecule has 1 unspecified atom stereocenters. The van der Waals surface area contributed by atoms with Gasteiger partial charge in [0.2, 0.25) is 0 Å². The fraction of sp³-hybridized carbons (Fsp3) is 0.650. The lowest BCUT2D eigenvalue weighted by atomic mass is 9.82. The number of carbonyl (C=O) groups is 2. The zero-order valence-electron chi connectivity index (χ0n) is 27.7. The smallest absolute Gasteiger partial charge is 0.306 e. The van der Waals surface area contributed by atoms with Crippen LogP contribution in [0.4, 0.5) is 0 Å². The topological polar surface area (TPSA) is 52.6 Å². The number of benzene rings is 2. The summed E-state index contributed by atoms with van der Waals surface area (Å²) in [4.78, 5) is 23.0. The van der Waals surface area contributed by atoms with Crippen molar-refractivity contribution in [2.45, 2.75) is 117 Å². The Morgan fingerprint density at radius 2 is 1.00 bits per heavy atom. The highest BCUT2D eigenvalue weighted by Crippen LogP contribution is 2.48. The first-order chi connectivity index (χ1) is 21.3. The molecule has 0 amide bonds. The van der Waals surface area contributed by atoms with Crippen molar-refractivity contribution in [1.29, 1.82) is 0 Å². The van der Waals surface area contributed by atoms with Crippen molar-refractivity contribution >= 4 is 11.9 Å². The second kappa shape index (κ2) is 15.6. The van der Waals surface area contributed by atoms with Gasteiger partial charge in [0.25, 0.3) is 0 Å². The summed E-state index contributed by atoms with van der Waals surface area (Å²) in [5.74, 6) is 5.38. The Morgan fingerprint density at radius 1 is 0.614 bits per heavy atom. The van der Waals surface area contributed by atoms with Crippen LogP contribution in [-0.2, 0) is 31.9 Å². The lowest BCUT2D eigenvalue weighted by Crippen LogP contribution is -2.16. The third-order valence-corrected chi connectivity index (χ3v) is 11.6. The number of ether oxygens (including phenoxy) is 2. The van der Waals surface area contributed by atoms with Gasteiger partial charge in [-0.25, -0.2) is 0 Å². The second-order valence-electron chi connectivity index (χ2n) is 15.0. The fourth-order valence-corrected chi connectivity index (χ4v) is 8.84. The normalized spacial score (nSPS) is 31.8. The standard InChI is InChI=1S/2C20H28O2/c2*1-14(8-10-16-6-4-3-5-7-16)9-11-17-15(2)12-19-18(17)13-20(21)22-19/h2*3-7,14-15,17-19H,8-13H2,1-2H3/t14?,15-,17+,18-,19+;14-,15+,17-,18+,19-/m10/s1. The molecule has 240 valence electrons. The van der Waals surface area contributed by atoms with E-state index in [1.165, 1.54) is 62.5 Å². The van der Waals surface area contributed by atoms with Crippen molar-refractivity contribution in [2.75, 3.05) is 0 Å². The molecule has 2 aromatic rings. The Bertz CT molecular complexity index is 1080. The number of fused-ring (bicyclic) bond motifs is 2. The minimum Gasteiger partial charge on any atom is -0.462 e. The molecule has 2 aliphatic carbocycles. The first-order valence-electron chi connectivity index (χ1n) is 17.7. The van der Waals surface area contributed by atoms with Crippen LogP contribution >= 0.6 is 0 Å². The Labute approximate surface area is 266 Å². The maximum atomic E-state index is 11.5. The molecule has 4 aliphatic rings. The number of hydrogen-bond acceptors (Lipinski definition) is 4. The van der Waals surface area contributed by atoms with Gasteiger partial charge in [0.05, 0.1) is 12.8 Å². The van der Waals surface area contributed by atoms with Gasteiger partial charge in [-0.2, -0.15) is 0 Å². The highest BCUT2D eigenvalue weighted by molar-refractivity contribution is 5.72. The van der Waals surface area contributed by atoms with Gasteiger partial charge >= 0.3 is 11.9 Å². The summed E-state index contributed by atoms with van der Waals surface area (Å²) >= 11 is 0. The third kappa shape index (κ3) is 8.76. The molecule has 0 N–H and O–H groups in total. The van der Waals surface area contributed by atoms with Gasteiger partial charge in [-0.1, -0.05) is 101 Å². The molecular weight excluding hydrogens is 544 g/mol. The van der Waals surface area contributed by atoms with E-state index < -0.39 is 0 Å². The molecule has 10 atom stereocenters. The molecule has 4 fully saturated rings. The SMILES string of the molecule is CC(CCc1ccccc1)CC[C@@H]1[C@H]2CC(=O)O[C@H]2C[C@H]1C.C[C@@H](CCc1ccccc1)CC[C@@H]1[C@H]2CC(=O)O[C@H]2C[C@H]1C. The molecule has 6 rings (SSSR count). The predicted octanol–water partition coefficient (Wildman–Crippen LogP) is 9.25. The first-order valence-corrected chi connectivity index (χ1v) is 17.7. The van der Waals surface area contributed by atoms with Gasteiger partial charge in [0.15, 0.2) is 0 Å². The number of esters is 2. The number of rotatable bonds is 12. The summed E-state index contributed by atoms with van der Waals surface area (Å²) in [6.45, 7) is 9.42. The predicted molar refractivity (Wildman–Crippen MR) is 177 cm³/mol. The molecule has 2 aliphatic heterocycles. The van der Waals surface area contributed by atoms with Crippen molar-refractivity contribution in [3.63, 3.8) is 0 Å². The highest BCUT2D eigenvalue weighted by Gasteiger charge is 2.49. The van der Waals surface area contributed by atoms with Crippen molar-refractivity contribution in [3.8, 4) is 0 Å². The Morgan fingerprint density at radius 3 is 1.39 bits per heavy atom. The maximum absolute atomic E-state index is 11.5. The van der Waals surface area contributed by atoms with E-state index >= 15 is 0 Å². The summed E-state index contributed by atoms with van der Waals surface area (Å²) < 4.78 is 10.9. The van der Waals surface area contributed by atoms with Gasteiger partial charge < -0.3 is 9.47 Å². The second-order valence-corrected chi connectivity index (χ2v) is 15.0. The summed E-state index contributed by atoms with van der Waals surface area (Å²) in [5, 5.41) is 0. The molecule has 4 nitrogen and oxygen atoms in total. The van der Waals surface area contributed by atoms with Gasteiger partial charge in [-0.05, 0) is 98.0 Å². The quantitative estimate of drug-likeness (QED) is 0.228. The monoisotopic (exact) mass is 600 g/mol. The van der Waals surface area contributed by atoms with Crippen LogP contribution in [0, 0.1) is 47.3 Å². The van der Waals surface area contributed by atoms with Crippen LogP contribution in [0.3, 0.4) is 0 Å². The van der Waals surface area contributed by atoms with Crippen LogP contribution in [-0.4, -0.2) is 24.1 Å². The summed E-state index contributed by atoms with van der Waals surface area (Å²) in [6, 6.07) is 21.5. The van der Waals surface area contributed by atoms with E-state index in [1.807, 2.05) is 0 Å². The molecule has 2 heterocycles. The Hall–Kier alpha value is -2.62. The molecule has 44 heavy (non-hydrogen) atoms. The molecule has 0 bridgehead atoms. The third-order valence-electron chi connectivity index (χ3n) is 11.6. The van der Waals surface area contributed by atoms with E-state index in [9.17, 15) is 9.59 Å². The molecule has 2 aromatic carbocycles. The molecular formula is C40H56O4. The molecule has 2 saturated heterocycles. The minimum absolute atomic E-state index is 0.0315. The molecule has 2 saturated carbocycles. The highest BCUT2D eigenvalue weighted by atomic mass is 16.6. The van der Waals surface area contributed by atoms with Crippen molar-refractivity contribution < 1.29 is 19.1 Å². The summed E-state index contributed by atoms with van der Waals surface area (Å²) in [5.41, 5.74) is 2.89. The van der Waals surface area contributed by atoms with Gasteiger partial charge in [0, 0.05) is 11.8 Å². The Balaban J connectivity index is 0.000000175. The van der Waals surface area contributed by atoms with Crippen LogP contribution in [0.2, 0.25) is 0 Å². The Kier molecular flexibility index (Phi) is 11.6.